The molecule has 39 heavy (non-hydrogen) atoms. The molecular weight excluding hydrogens is 510 g/mol. The van der Waals surface area contributed by atoms with Crippen LogP contribution >= 0.6 is 0 Å². The van der Waals surface area contributed by atoms with Crippen molar-refractivity contribution in [3.8, 4) is 0 Å². The van der Waals surface area contributed by atoms with Crippen LogP contribution in [0.5, 0.6) is 0 Å². The molecule has 1 saturated heterocycles. The molecule has 0 radical (unpaired) electrons. The van der Waals surface area contributed by atoms with Crippen LogP contribution in [0.2, 0.25) is 0 Å². The number of amides is 2. The third-order valence-corrected chi connectivity index (χ3v) is 9.28. The lowest BCUT2D eigenvalue weighted by Crippen LogP contribution is -2.64. The first-order valence-corrected chi connectivity index (χ1v) is 14.6. The molecule has 8 heteroatoms. The first-order chi connectivity index (χ1) is 18.3. The van der Waals surface area contributed by atoms with Crippen molar-refractivity contribution < 1.29 is 18.0 Å². The highest BCUT2D eigenvalue weighted by atomic mass is 32.2. The van der Waals surface area contributed by atoms with Gasteiger partial charge in [-0.3, -0.25) is 9.59 Å². The highest BCUT2D eigenvalue weighted by molar-refractivity contribution is 7.89. The maximum absolute atomic E-state index is 13.6. The third kappa shape index (κ3) is 6.23. The average molecular weight is 548 g/mol. The van der Waals surface area contributed by atoms with E-state index in [0.717, 1.165) is 10.9 Å². The van der Waals surface area contributed by atoms with Crippen LogP contribution in [-0.2, 0) is 21.2 Å². The van der Waals surface area contributed by atoms with Gasteiger partial charge >= 0.3 is 0 Å². The van der Waals surface area contributed by atoms with Crippen molar-refractivity contribution in [2.75, 3.05) is 19.6 Å². The van der Waals surface area contributed by atoms with Crippen molar-refractivity contribution in [1.82, 2.24) is 14.9 Å². The molecule has 1 aliphatic rings. The molecule has 1 heterocycles. The molecule has 0 bridgehead atoms. The summed E-state index contributed by atoms with van der Waals surface area (Å²) in [5.41, 5.74) is 0.504. The standard InChI is InChI=1S/C31H37N3O4S/c1-6-27(35)33-29-30(2,3)20-34(21-31(29,4)5)39(37,38)26-15-13-24(14-16-26)28(36)32-18-17-22-11-12-23-9-7-8-10-25(23)19-22/h6-16,19,29H,1,17-18,20-21H2,2-5H3,(H,32,36)(H,33,35). The van der Waals surface area contributed by atoms with Gasteiger partial charge in [-0.1, -0.05) is 76.7 Å². The first-order valence-electron chi connectivity index (χ1n) is 13.1. The van der Waals surface area contributed by atoms with Crippen molar-refractivity contribution in [2.45, 2.75) is 45.1 Å². The van der Waals surface area contributed by atoms with Gasteiger partial charge in [-0.2, -0.15) is 4.31 Å². The largest absolute Gasteiger partial charge is 0.352 e. The molecule has 0 aromatic heterocycles. The fourth-order valence-electron chi connectivity index (χ4n) is 5.71. The van der Waals surface area contributed by atoms with E-state index in [1.165, 1.54) is 27.9 Å². The number of carbonyl (C=O) groups excluding carboxylic acids is 2. The summed E-state index contributed by atoms with van der Waals surface area (Å²) in [6.45, 7) is 12.3. The van der Waals surface area contributed by atoms with Crippen LogP contribution < -0.4 is 10.6 Å². The molecule has 3 aromatic carbocycles. The molecule has 2 amide bonds. The third-order valence-electron chi connectivity index (χ3n) is 7.47. The summed E-state index contributed by atoms with van der Waals surface area (Å²) in [4.78, 5) is 24.9. The van der Waals surface area contributed by atoms with Gasteiger partial charge in [-0.05, 0) is 63.9 Å². The molecule has 4 rings (SSSR count). The highest BCUT2D eigenvalue weighted by Gasteiger charge is 2.50. The molecular formula is C31H37N3O4S. The Bertz CT molecular complexity index is 1480. The number of benzene rings is 3. The van der Waals surface area contributed by atoms with Gasteiger partial charge in [0.05, 0.1) is 4.90 Å². The lowest BCUT2D eigenvalue weighted by atomic mass is 9.67. The predicted octanol–water partition coefficient (Wildman–Crippen LogP) is 4.54. The Morgan fingerprint density at radius 2 is 1.56 bits per heavy atom. The quantitative estimate of drug-likeness (QED) is 0.405. The Kier molecular flexibility index (Phi) is 8.00. The summed E-state index contributed by atoms with van der Waals surface area (Å²) in [7, 11) is -3.81. The number of piperidine rings is 1. The molecule has 2 N–H and O–H groups in total. The van der Waals surface area contributed by atoms with Gasteiger partial charge in [0.15, 0.2) is 0 Å². The van der Waals surface area contributed by atoms with Gasteiger partial charge in [0.1, 0.15) is 0 Å². The van der Waals surface area contributed by atoms with Crippen LogP contribution in [0.25, 0.3) is 10.8 Å². The molecule has 206 valence electrons. The summed E-state index contributed by atoms with van der Waals surface area (Å²) >= 11 is 0. The van der Waals surface area contributed by atoms with E-state index in [1.807, 2.05) is 39.8 Å². The van der Waals surface area contributed by atoms with Gasteiger partial charge in [-0.25, -0.2) is 8.42 Å². The number of nitrogens with one attached hydrogen (secondary N) is 2. The summed E-state index contributed by atoms with van der Waals surface area (Å²) in [5.74, 6) is -0.524. The number of fused-ring (bicyclic) bond motifs is 1. The SMILES string of the molecule is C=CC(=O)NC1C(C)(C)CN(S(=O)(=O)c2ccc(C(=O)NCCc3ccc4ccccc4c3)cc2)CC1(C)C. The summed E-state index contributed by atoms with van der Waals surface area (Å²) < 4.78 is 28.6. The van der Waals surface area contributed by atoms with E-state index in [4.69, 9.17) is 0 Å². The van der Waals surface area contributed by atoms with Crippen molar-refractivity contribution in [1.29, 1.82) is 0 Å². The maximum atomic E-state index is 13.6. The Morgan fingerprint density at radius 1 is 0.949 bits per heavy atom. The smallest absolute Gasteiger partial charge is 0.251 e. The first kappa shape index (κ1) is 28.5. The van der Waals surface area contributed by atoms with E-state index in [-0.39, 0.29) is 35.8 Å². The second kappa shape index (κ2) is 10.9. The second-order valence-electron chi connectivity index (χ2n) is 11.6. The van der Waals surface area contributed by atoms with Crippen molar-refractivity contribution >= 4 is 32.6 Å². The molecule has 0 spiro atoms. The fraction of sp³-hybridized carbons (Fsp3) is 0.355. The van der Waals surface area contributed by atoms with Gasteiger partial charge in [0.25, 0.3) is 5.91 Å². The lowest BCUT2D eigenvalue weighted by molar-refractivity contribution is -0.120. The molecule has 1 aliphatic heterocycles. The van der Waals surface area contributed by atoms with E-state index in [9.17, 15) is 18.0 Å². The molecule has 0 atom stereocenters. The topological polar surface area (TPSA) is 95.6 Å². The summed E-state index contributed by atoms with van der Waals surface area (Å²) in [6, 6.07) is 20.2. The van der Waals surface area contributed by atoms with Crippen molar-refractivity contribution in [3.63, 3.8) is 0 Å². The second-order valence-corrected chi connectivity index (χ2v) is 13.5. The summed E-state index contributed by atoms with van der Waals surface area (Å²) in [6.07, 6.45) is 1.92. The van der Waals surface area contributed by atoms with Crippen LogP contribution in [0.15, 0.2) is 84.3 Å². The fourth-order valence-corrected chi connectivity index (χ4v) is 7.49. The highest BCUT2D eigenvalue weighted by Crippen LogP contribution is 2.42. The van der Waals surface area contributed by atoms with E-state index >= 15 is 0 Å². The average Bonchev–Trinajstić information content (AvgIpc) is 2.90. The van der Waals surface area contributed by atoms with E-state index in [0.29, 0.717) is 18.5 Å². The van der Waals surface area contributed by atoms with Crippen molar-refractivity contribution in [3.05, 3.63) is 90.5 Å². The van der Waals surface area contributed by atoms with E-state index in [2.05, 4.69) is 47.5 Å². The number of nitrogens with zero attached hydrogens (tertiary/aromatic N) is 1. The molecule has 0 saturated carbocycles. The van der Waals surface area contributed by atoms with E-state index < -0.39 is 20.9 Å². The van der Waals surface area contributed by atoms with Crippen LogP contribution in [0.4, 0.5) is 0 Å². The van der Waals surface area contributed by atoms with Crippen LogP contribution in [0.1, 0.15) is 43.6 Å². The van der Waals surface area contributed by atoms with Crippen LogP contribution in [0, 0.1) is 10.8 Å². The number of hydrogen-bond acceptors (Lipinski definition) is 4. The van der Waals surface area contributed by atoms with Gasteiger partial charge < -0.3 is 10.6 Å². The minimum absolute atomic E-state index is 0.135. The minimum atomic E-state index is -3.81. The monoisotopic (exact) mass is 547 g/mol. The molecule has 0 aliphatic carbocycles. The molecule has 1 fully saturated rings. The lowest BCUT2D eigenvalue weighted by Gasteiger charge is -2.52. The van der Waals surface area contributed by atoms with Crippen LogP contribution in [-0.4, -0.2) is 50.2 Å². The number of sulfonamides is 1. The van der Waals surface area contributed by atoms with Gasteiger partial charge in [0.2, 0.25) is 15.9 Å². The Morgan fingerprint density at radius 3 is 2.18 bits per heavy atom. The zero-order valence-electron chi connectivity index (χ0n) is 23.0. The maximum Gasteiger partial charge on any atom is 0.251 e. The number of rotatable bonds is 8. The molecule has 3 aromatic rings. The molecule has 0 unspecified atom stereocenters. The minimum Gasteiger partial charge on any atom is -0.352 e. The van der Waals surface area contributed by atoms with E-state index in [1.54, 1.807) is 12.1 Å². The predicted molar refractivity (Wildman–Crippen MR) is 155 cm³/mol. The Balaban J connectivity index is 1.40. The van der Waals surface area contributed by atoms with Crippen LogP contribution in [0.3, 0.4) is 0 Å². The number of carbonyl (C=O) groups is 2. The van der Waals surface area contributed by atoms with Crippen molar-refractivity contribution in [2.24, 2.45) is 10.8 Å². The van der Waals surface area contributed by atoms with Gasteiger partial charge in [0, 0.05) is 31.2 Å². The normalized spacial score (nSPS) is 17.4. The Hall–Kier alpha value is -3.49. The summed E-state index contributed by atoms with van der Waals surface area (Å²) in [5, 5.41) is 8.26. The zero-order chi connectivity index (χ0) is 28.4. The zero-order valence-corrected chi connectivity index (χ0v) is 23.8. The number of hydrogen-bond donors (Lipinski definition) is 2. The Labute approximate surface area is 231 Å². The van der Waals surface area contributed by atoms with Gasteiger partial charge in [-0.15, -0.1) is 0 Å². The molecule has 7 nitrogen and oxygen atoms in total.